The predicted molar refractivity (Wildman–Crippen MR) is 128 cm³/mol. The second-order valence-electron chi connectivity index (χ2n) is 7.80. The number of rotatable bonds is 10. The first kappa shape index (κ1) is 23.3. The summed E-state index contributed by atoms with van der Waals surface area (Å²) in [5, 5.41) is 2.85. The molecule has 0 radical (unpaired) electrons. The van der Waals surface area contributed by atoms with Gasteiger partial charge in [0.25, 0.3) is 5.91 Å². The van der Waals surface area contributed by atoms with E-state index in [4.69, 9.17) is 15.2 Å². The molecule has 1 amide bonds. The van der Waals surface area contributed by atoms with Crippen molar-refractivity contribution in [2.45, 2.75) is 46.1 Å². The van der Waals surface area contributed by atoms with Gasteiger partial charge in [0, 0.05) is 12.8 Å². The minimum atomic E-state index is -0.311. The van der Waals surface area contributed by atoms with Crippen molar-refractivity contribution in [1.29, 1.82) is 0 Å². The minimum absolute atomic E-state index is 0.179. The number of carbonyl (C=O) groups excluding carboxylic acids is 1. The molecule has 168 valence electrons. The van der Waals surface area contributed by atoms with Gasteiger partial charge in [-0.15, -0.1) is 0 Å². The number of carbonyl (C=O) groups is 1. The molecule has 0 saturated carbocycles. The first-order valence-electron chi connectivity index (χ1n) is 10.9. The number of anilines is 2. The van der Waals surface area contributed by atoms with Gasteiger partial charge in [0.05, 0.1) is 17.9 Å². The van der Waals surface area contributed by atoms with Crippen LogP contribution in [0.2, 0.25) is 0 Å². The first-order chi connectivity index (χ1) is 15.5. The van der Waals surface area contributed by atoms with E-state index in [9.17, 15) is 4.79 Å². The monoisotopic (exact) mass is 433 g/mol. The van der Waals surface area contributed by atoms with Gasteiger partial charge in [0.2, 0.25) is 0 Å². The molecule has 6 nitrogen and oxygen atoms in total. The normalized spacial score (nSPS) is 10.7. The van der Waals surface area contributed by atoms with Gasteiger partial charge in [0.1, 0.15) is 17.3 Å². The van der Waals surface area contributed by atoms with Gasteiger partial charge in [-0.1, -0.05) is 31.9 Å². The maximum absolute atomic E-state index is 12.7. The van der Waals surface area contributed by atoms with Crippen molar-refractivity contribution in [1.82, 2.24) is 4.98 Å². The molecule has 0 aliphatic rings. The topological polar surface area (TPSA) is 86.5 Å². The second-order valence-corrected chi connectivity index (χ2v) is 7.80. The molecule has 0 saturated heterocycles. The van der Waals surface area contributed by atoms with Gasteiger partial charge in [-0.05, 0) is 73.4 Å². The van der Waals surface area contributed by atoms with E-state index in [1.54, 1.807) is 25.3 Å². The van der Waals surface area contributed by atoms with Crippen LogP contribution in [0, 0.1) is 6.92 Å². The highest BCUT2D eigenvalue weighted by atomic mass is 16.5. The summed E-state index contributed by atoms with van der Waals surface area (Å²) in [7, 11) is 1.59. The molecule has 0 aliphatic heterocycles. The van der Waals surface area contributed by atoms with Crippen LogP contribution in [0.4, 0.5) is 11.5 Å². The summed E-state index contributed by atoms with van der Waals surface area (Å²) in [6.07, 6.45) is 4.78. The molecule has 3 rings (SSSR count). The van der Waals surface area contributed by atoms with Crippen LogP contribution in [0.1, 0.15) is 53.4 Å². The Morgan fingerprint density at radius 3 is 2.31 bits per heavy atom. The quantitative estimate of drug-likeness (QED) is 0.389. The summed E-state index contributed by atoms with van der Waals surface area (Å²) in [5.41, 5.74) is 9.86. The number of benzene rings is 2. The predicted octanol–water partition coefficient (Wildman–Crippen LogP) is 5.90. The van der Waals surface area contributed by atoms with Crippen molar-refractivity contribution in [3.8, 4) is 11.5 Å². The third-order valence-corrected chi connectivity index (χ3v) is 5.21. The Labute approximate surface area is 189 Å². The summed E-state index contributed by atoms with van der Waals surface area (Å²) in [5.74, 6) is 1.35. The molecule has 1 aromatic heterocycles. The molecule has 0 atom stereocenters. The van der Waals surface area contributed by atoms with Crippen molar-refractivity contribution < 1.29 is 14.3 Å². The summed E-state index contributed by atoms with van der Waals surface area (Å²) in [6.45, 7) is 4.43. The fourth-order valence-corrected chi connectivity index (χ4v) is 3.38. The number of hydrogen-bond donors (Lipinski definition) is 2. The Kier molecular flexibility index (Phi) is 8.22. The van der Waals surface area contributed by atoms with Crippen molar-refractivity contribution in [2.24, 2.45) is 0 Å². The third-order valence-electron chi connectivity index (χ3n) is 5.21. The van der Waals surface area contributed by atoms with Gasteiger partial charge in [-0.25, -0.2) is 4.98 Å². The van der Waals surface area contributed by atoms with E-state index in [2.05, 4.69) is 29.4 Å². The summed E-state index contributed by atoms with van der Waals surface area (Å²) in [4.78, 5) is 16.9. The number of amides is 1. The highest BCUT2D eigenvalue weighted by Crippen LogP contribution is 2.24. The number of nitrogen functional groups attached to an aromatic ring is 1. The van der Waals surface area contributed by atoms with Crippen molar-refractivity contribution in [3.05, 3.63) is 77.0 Å². The number of aromatic nitrogens is 1. The lowest BCUT2D eigenvalue weighted by Gasteiger charge is -2.12. The SMILES string of the molecule is CCCCCc1ccc(Oc2ccc(NC(=O)c3cc(C)c(COC)nc3N)cc2)cc1. The zero-order chi connectivity index (χ0) is 22.9. The lowest BCUT2D eigenvalue weighted by atomic mass is 10.1. The number of aryl methyl sites for hydroxylation is 2. The summed E-state index contributed by atoms with van der Waals surface area (Å²) < 4.78 is 11.0. The fourth-order valence-electron chi connectivity index (χ4n) is 3.38. The van der Waals surface area contributed by atoms with Gasteiger partial charge >= 0.3 is 0 Å². The van der Waals surface area contributed by atoms with E-state index < -0.39 is 0 Å². The van der Waals surface area contributed by atoms with Gasteiger partial charge in [0.15, 0.2) is 0 Å². The van der Waals surface area contributed by atoms with E-state index in [1.165, 1.54) is 24.8 Å². The third kappa shape index (κ3) is 6.31. The van der Waals surface area contributed by atoms with E-state index in [0.29, 0.717) is 23.6 Å². The minimum Gasteiger partial charge on any atom is -0.457 e. The van der Waals surface area contributed by atoms with Gasteiger partial charge in [-0.2, -0.15) is 0 Å². The lowest BCUT2D eigenvalue weighted by molar-refractivity contribution is 0.102. The van der Waals surface area contributed by atoms with E-state index in [0.717, 1.165) is 23.4 Å². The number of pyridine rings is 1. The molecule has 6 heteroatoms. The molecule has 1 heterocycles. The zero-order valence-corrected chi connectivity index (χ0v) is 19.0. The lowest BCUT2D eigenvalue weighted by Crippen LogP contribution is -2.16. The molecular weight excluding hydrogens is 402 g/mol. The molecule has 2 aromatic carbocycles. The van der Waals surface area contributed by atoms with Crippen molar-refractivity contribution in [3.63, 3.8) is 0 Å². The van der Waals surface area contributed by atoms with Crippen molar-refractivity contribution >= 4 is 17.4 Å². The molecule has 3 aromatic rings. The Hall–Kier alpha value is -3.38. The van der Waals surface area contributed by atoms with Gasteiger partial charge in [-0.3, -0.25) is 4.79 Å². The fraction of sp³-hybridized carbons (Fsp3) is 0.308. The van der Waals surface area contributed by atoms with E-state index in [-0.39, 0.29) is 11.7 Å². The Morgan fingerprint density at radius 2 is 1.69 bits per heavy atom. The van der Waals surface area contributed by atoms with Crippen LogP contribution < -0.4 is 15.8 Å². The Balaban J connectivity index is 1.60. The summed E-state index contributed by atoms with van der Waals surface area (Å²) >= 11 is 0. The number of hydrogen-bond acceptors (Lipinski definition) is 5. The van der Waals surface area contributed by atoms with Crippen LogP contribution >= 0.6 is 0 Å². The average molecular weight is 434 g/mol. The number of methoxy groups -OCH3 is 1. The number of nitrogens with two attached hydrogens (primary N) is 1. The standard InChI is InChI=1S/C26H31N3O3/c1-4-5-6-7-19-8-12-21(13-9-19)32-22-14-10-20(11-15-22)28-26(30)23-16-18(2)24(17-31-3)29-25(23)27/h8-16H,4-7,17H2,1-3H3,(H2,27,29)(H,28,30). The number of unbranched alkanes of at least 4 members (excludes halogenated alkanes) is 2. The molecule has 3 N–H and O–H groups in total. The number of nitrogens with one attached hydrogen (secondary N) is 1. The van der Waals surface area contributed by atoms with E-state index >= 15 is 0 Å². The van der Waals surface area contributed by atoms with Crippen molar-refractivity contribution in [2.75, 3.05) is 18.2 Å². The van der Waals surface area contributed by atoms with Crippen LogP contribution in [0.15, 0.2) is 54.6 Å². The molecular formula is C26H31N3O3. The Morgan fingerprint density at radius 1 is 1.03 bits per heavy atom. The highest BCUT2D eigenvalue weighted by molar-refractivity contribution is 6.07. The van der Waals surface area contributed by atoms with Gasteiger partial charge < -0.3 is 20.5 Å². The van der Waals surface area contributed by atoms with E-state index in [1.807, 2.05) is 31.2 Å². The second kappa shape index (κ2) is 11.3. The molecule has 0 unspecified atom stereocenters. The molecule has 0 aliphatic carbocycles. The van der Waals surface area contributed by atoms with Crippen LogP contribution in [0.5, 0.6) is 11.5 Å². The molecule has 0 spiro atoms. The number of nitrogens with zero attached hydrogens (tertiary/aromatic N) is 1. The molecule has 0 fully saturated rings. The van der Waals surface area contributed by atoms with Crippen LogP contribution in [0.25, 0.3) is 0 Å². The summed E-state index contributed by atoms with van der Waals surface area (Å²) in [6, 6.07) is 17.2. The zero-order valence-electron chi connectivity index (χ0n) is 19.0. The maximum Gasteiger partial charge on any atom is 0.259 e. The Bertz CT molecular complexity index is 1030. The first-order valence-corrected chi connectivity index (χ1v) is 10.9. The highest BCUT2D eigenvalue weighted by Gasteiger charge is 2.14. The smallest absolute Gasteiger partial charge is 0.259 e. The molecule has 0 bridgehead atoms. The maximum atomic E-state index is 12.7. The molecule has 32 heavy (non-hydrogen) atoms. The average Bonchev–Trinajstić information content (AvgIpc) is 2.79. The van der Waals surface area contributed by atoms with Crippen LogP contribution in [-0.2, 0) is 17.8 Å². The van der Waals surface area contributed by atoms with Crippen LogP contribution in [-0.4, -0.2) is 18.0 Å². The number of ether oxygens (including phenoxy) is 2. The van der Waals surface area contributed by atoms with Crippen LogP contribution in [0.3, 0.4) is 0 Å². The largest absolute Gasteiger partial charge is 0.457 e.